The Morgan fingerprint density at radius 3 is 2.75 bits per heavy atom. The van der Waals surface area contributed by atoms with Crippen molar-refractivity contribution in [1.29, 1.82) is 0 Å². The molecule has 150 valence electrons. The lowest BCUT2D eigenvalue weighted by Gasteiger charge is -2.22. The zero-order valence-electron chi connectivity index (χ0n) is 16.4. The van der Waals surface area contributed by atoms with Gasteiger partial charge in [0, 0.05) is 13.1 Å². The maximum atomic E-state index is 12.7. The summed E-state index contributed by atoms with van der Waals surface area (Å²) in [6.07, 6.45) is 5.11. The lowest BCUT2D eigenvalue weighted by Crippen LogP contribution is -2.37. The zero-order chi connectivity index (χ0) is 20.1. The SMILES string of the molecule is CCCN(CC1CC1)C(=O)COC(=O)c1c(C)nc(-c2cccs2)nc1SC. The van der Waals surface area contributed by atoms with Crippen molar-refractivity contribution in [3.63, 3.8) is 0 Å². The molecule has 28 heavy (non-hydrogen) atoms. The number of hydrogen-bond acceptors (Lipinski definition) is 7. The number of thioether (sulfide) groups is 1. The van der Waals surface area contributed by atoms with Gasteiger partial charge in [0.2, 0.25) is 0 Å². The minimum Gasteiger partial charge on any atom is -0.452 e. The number of hydrogen-bond donors (Lipinski definition) is 0. The standard InChI is InChI=1S/C20H25N3O3S2/c1-4-9-23(11-14-7-8-14)16(24)12-26-20(25)17-13(2)21-18(22-19(17)27-3)15-6-5-10-28-15/h5-6,10,14H,4,7-9,11-12H2,1-3H3. The molecular formula is C20H25N3O3S2. The van der Waals surface area contributed by atoms with Gasteiger partial charge in [-0.25, -0.2) is 14.8 Å². The van der Waals surface area contributed by atoms with Gasteiger partial charge in [0.05, 0.1) is 10.6 Å². The van der Waals surface area contributed by atoms with Gasteiger partial charge in [0.25, 0.3) is 5.91 Å². The molecule has 6 nitrogen and oxygen atoms in total. The molecule has 0 bridgehead atoms. The number of amides is 1. The molecule has 0 saturated heterocycles. The van der Waals surface area contributed by atoms with Crippen LogP contribution in [0.5, 0.6) is 0 Å². The van der Waals surface area contributed by atoms with Crippen LogP contribution in [0.4, 0.5) is 0 Å². The summed E-state index contributed by atoms with van der Waals surface area (Å²) < 4.78 is 5.35. The van der Waals surface area contributed by atoms with Crippen molar-refractivity contribution >= 4 is 35.0 Å². The topological polar surface area (TPSA) is 72.4 Å². The van der Waals surface area contributed by atoms with Crippen molar-refractivity contribution < 1.29 is 14.3 Å². The van der Waals surface area contributed by atoms with Gasteiger partial charge in [-0.05, 0) is 49.8 Å². The van der Waals surface area contributed by atoms with Crippen LogP contribution in [-0.2, 0) is 9.53 Å². The molecule has 2 aromatic heterocycles. The van der Waals surface area contributed by atoms with E-state index in [0.29, 0.717) is 34.6 Å². The first-order chi connectivity index (χ1) is 13.5. The summed E-state index contributed by atoms with van der Waals surface area (Å²) in [5, 5.41) is 2.53. The maximum absolute atomic E-state index is 12.7. The number of ether oxygens (including phenoxy) is 1. The molecule has 2 aromatic rings. The molecule has 1 aliphatic rings. The quantitative estimate of drug-likeness (QED) is 0.347. The van der Waals surface area contributed by atoms with E-state index in [1.165, 1.54) is 24.6 Å². The lowest BCUT2D eigenvalue weighted by molar-refractivity contribution is -0.134. The average Bonchev–Trinajstić information content (AvgIpc) is 3.33. The number of carbonyl (C=O) groups excluding carboxylic acids is 2. The first-order valence-corrected chi connectivity index (χ1v) is 11.5. The van der Waals surface area contributed by atoms with E-state index in [-0.39, 0.29) is 12.5 Å². The van der Waals surface area contributed by atoms with Crippen LogP contribution in [0.1, 0.15) is 42.2 Å². The fourth-order valence-corrected chi connectivity index (χ4v) is 4.21. The van der Waals surface area contributed by atoms with E-state index in [2.05, 4.69) is 9.97 Å². The van der Waals surface area contributed by atoms with Crippen molar-refractivity contribution in [2.45, 2.75) is 38.1 Å². The summed E-state index contributed by atoms with van der Waals surface area (Å²) in [6.45, 7) is 5.03. The summed E-state index contributed by atoms with van der Waals surface area (Å²) in [5.74, 6) is 0.523. The Morgan fingerprint density at radius 2 is 2.14 bits per heavy atom. The van der Waals surface area contributed by atoms with E-state index in [0.717, 1.165) is 17.8 Å². The minimum absolute atomic E-state index is 0.137. The molecule has 1 saturated carbocycles. The second-order valence-corrected chi connectivity index (χ2v) is 8.60. The Balaban J connectivity index is 1.70. The van der Waals surface area contributed by atoms with Gasteiger partial charge < -0.3 is 9.64 Å². The predicted molar refractivity (Wildman–Crippen MR) is 112 cm³/mol. The molecular weight excluding hydrogens is 394 g/mol. The number of carbonyl (C=O) groups is 2. The summed E-state index contributed by atoms with van der Waals surface area (Å²) >= 11 is 2.92. The molecule has 1 aliphatic carbocycles. The fourth-order valence-electron chi connectivity index (χ4n) is 2.94. The monoisotopic (exact) mass is 419 g/mol. The molecule has 0 radical (unpaired) electrons. The second kappa shape index (κ2) is 9.52. The van der Waals surface area contributed by atoms with Crippen molar-refractivity contribution in [2.24, 2.45) is 5.92 Å². The van der Waals surface area contributed by atoms with Crippen LogP contribution >= 0.6 is 23.1 Å². The third-order valence-electron chi connectivity index (χ3n) is 4.54. The highest BCUT2D eigenvalue weighted by molar-refractivity contribution is 7.98. The Morgan fingerprint density at radius 1 is 1.36 bits per heavy atom. The number of aromatic nitrogens is 2. The average molecular weight is 420 g/mol. The first kappa shape index (κ1) is 20.8. The summed E-state index contributed by atoms with van der Waals surface area (Å²) in [4.78, 5) is 36.9. The molecule has 0 atom stereocenters. The van der Waals surface area contributed by atoms with Gasteiger partial charge in [-0.15, -0.1) is 23.1 Å². The van der Waals surface area contributed by atoms with Crippen molar-refractivity contribution in [3.05, 3.63) is 28.8 Å². The molecule has 2 heterocycles. The highest BCUT2D eigenvalue weighted by atomic mass is 32.2. The number of thiophene rings is 1. The summed E-state index contributed by atoms with van der Waals surface area (Å²) in [5.41, 5.74) is 0.897. The Hall–Kier alpha value is -1.93. The second-order valence-electron chi connectivity index (χ2n) is 6.85. The number of aryl methyl sites for hydroxylation is 1. The largest absolute Gasteiger partial charge is 0.452 e. The van der Waals surface area contributed by atoms with Gasteiger partial charge in [0.1, 0.15) is 10.6 Å². The highest BCUT2D eigenvalue weighted by Gasteiger charge is 2.27. The molecule has 1 fully saturated rings. The first-order valence-electron chi connectivity index (χ1n) is 9.44. The van der Waals surface area contributed by atoms with E-state index in [1.54, 1.807) is 18.3 Å². The van der Waals surface area contributed by atoms with Crippen LogP contribution < -0.4 is 0 Å². The molecule has 3 rings (SSSR count). The number of rotatable bonds is 9. The van der Waals surface area contributed by atoms with Gasteiger partial charge >= 0.3 is 5.97 Å². The highest BCUT2D eigenvalue weighted by Crippen LogP contribution is 2.30. The van der Waals surface area contributed by atoms with Gasteiger partial charge in [-0.2, -0.15) is 0 Å². The third-order valence-corrected chi connectivity index (χ3v) is 6.09. The Bertz CT molecular complexity index is 835. The smallest absolute Gasteiger partial charge is 0.343 e. The molecule has 0 aromatic carbocycles. The molecule has 0 aliphatic heterocycles. The van der Waals surface area contributed by atoms with E-state index >= 15 is 0 Å². The van der Waals surface area contributed by atoms with Crippen LogP contribution in [0.2, 0.25) is 0 Å². The van der Waals surface area contributed by atoms with Gasteiger partial charge in [0.15, 0.2) is 12.4 Å². The fraction of sp³-hybridized carbons (Fsp3) is 0.500. The van der Waals surface area contributed by atoms with E-state index in [9.17, 15) is 9.59 Å². The van der Waals surface area contributed by atoms with Crippen molar-refractivity contribution in [1.82, 2.24) is 14.9 Å². The predicted octanol–water partition coefficient (Wildman–Crippen LogP) is 4.04. The van der Waals surface area contributed by atoms with E-state index < -0.39 is 5.97 Å². The van der Waals surface area contributed by atoms with Crippen LogP contribution in [0.3, 0.4) is 0 Å². The Kier molecular flexibility index (Phi) is 7.07. The van der Waals surface area contributed by atoms with Crippen molar-refractivity contribution in [3.8, 4) is 10.7 Å². The van der Waals surface area contributed by atoms with Crippen LogP contribution in [-0.4, -0.2) is 52.7 Å². The Labute approximate surface area is 173 Å². The molecule has 0 spiro atoms. The number of esters is 1. The van der Waals surface area contributed by atoms with Gasteiger partial charge in [-0.3, -0.25) is 4.79 Å². The molecule has 0 unspecified atom stereocenters. The van der Waals surface area contributed by atoms with Crippen LogP contribution in [0.25, 0.3) is 10.7 Å². The molecule has 8 heteroatoms. The lowest BCUT2D eigenvalue weighted by atomic mass is 10.2. The van der Waals surface area contributed by atoms with Crippen molar-refractivity contribution in [2.75, 3.05) is 26.0 Å². The summed E-state index contributed by atoms with van der Waals surface area (Å²) in [7, 11) is 0. The van der Waals surface area contributed by atoms with Gasteiger partial charge in [-0.1, -0.05) is 13.0 Å². The molecule has 1 amide bonds. The zero-order valence-corrected chi connectivity index (χ0v) is 18.1. The number of nitrogens with zero attached hydrogens (tertiary/aromatic N) is 3. The van der Waals surface area contributed by atoms with Crippen LogP contribution in [0.15, 0.2) is 22.5 Å². The van der Waals surface area contributed by atoms with E-state index in [1.807, 2.05) is 35.6 Å². The van der Waals surface area contributed by atoms with E-state index in [4.69, 9.17) is 4.74 Å². The maximum Gasteiger partial charge on any atom is 0.343 e. The third kappa shape index (κ3) is 5.11. The molecule has 0 N–H and O–H groups in total. The normalized spacial score (nSPS) is 13.4. The summed E-state index contributed by atoms with van der Waals surface area (Å²) in [6, 6.07) is 3.89. The van der Waals surface area contributed by atoms with Crippen LogP contribution in [0, 0.1) is 12.8 Å². The minimum atomic E-state index is -0.546.